The summed E-state index contributed by atoms with van der Waals surface area (Å²) in [5.41, 5.74) is 0.962. The van der Waals surface area contributed by atoms with Crippen LogP contribution in [0.5, 0.6) is 0 Å². The van der Waals surface area contributed by atoms with E-state index in [-0.39, 0.29) is 25.3 Å². The zero-order chi connectivity index (χ0) is 12.7. The Balaban J connectivity index is 2.39. The Hall–Kier alpha value is -1.55. The van der Waals surface area contributed by atoms with Gasteiger partial charge < -0.3 is 14.7 Å². The van der Waals surface area contributed by atoms with E-state index >= 15 is 0 Å². The Morgan fingerprint density at radius 3 is 2.65 bits per heavy atom. The molecule has 0 saturated carbocycles. The summed E-state index contributed by atoms with van der Waals surface area (Å²) >= 11 is 0. The predicted molar refractivity (Wildman–Crippen MR) is 65.6 cm³/mol. The highest BCUT2D eigenvalue weighted by molar-refractivity contribution is 5.67. The molecule has 0 fully saturated rings. The third-order valence-electron chi connectivity index (χ3n) is 2.70. The predicted octanol–water partition coefficient (Wildman–Crippen LogP) is 2.03. The van der Waals surface area contributed by atoms with Crippen LogP contribution in [0.15, 0.2) is 30.3 Å². The van der Waals surface area contributed by atoms with Crippen molar-refractivity contribution >= 4 is 6.09 Å². The van der Waals surface area contributed by atoms with Crippen molar-refractivity contribution in [1.82, 2.24) is 4.90 Å². The van der Waals surface area contributed by atoms with Crippen molar-refractivity contribution in [2.45, 2.75) is 26.0 Å². The standard InChI is InChI=1S/C13H19NO3/c1-11(8-9-15)14(2)13(16)17-10-12-6-4-3-5-7-12/h3-7,11,15H,8-10H2,1-2H3. The summed E-state index contributed by atoms with van der Waals surface area (Å²) in [6.45, 7) is 2.22. The molecule has 4 heteroatoms. The lowest BCUT2D eigenvalue weighted by Gasteiger charge is -2.23. The van der Waals surface area contributed by atoms with E-state index in [0.29, 0.717) is 6.42 Å². The number of rotatable bonds is 5. The molecule has 1 unspecified atom stereocenters. The monoisotopic (exact) mass is 237 g/mol. The minimum atomic E-state index is -0.366. The molecular formula is C13H19NO3. The van der Waals surface area contributed by atoms with Crippen molar-refractivity contribution in [1.29, 1.82) is 0 Å². The highest BCUT2D eigenvalue weighted by Crippen LogP contribution is 2.06. The maximum atomic E-state index is 11.7. The third-order valence-corrected chi connectivity index (χ3v) is 2.70. The minimum Gasteiger partial charge on any atom is -0.445 e. The normalized spacial score (nSPS) is 11.9. The summed E-state index contributed by atoms with van der Waals surface area (Å²) < 4.78 is 5.16. The smallest absolute Gasteiger partial charge is 0.410 e. The van der Waals surface area contributed by atoms with Crippen LogP contribution in [0.1, 0.15) is 18.9 Å². The summed E-state index contributed by atoms with van der Waals surface area (Å²) in [5, 5.41) is 8.80. The number of hydrogen-bond donors (Lipinski definition) is 1. The lowest BCUT2D eigenvalue weighted by Crippen LogP contribution is -2.35. The first-order valence-corrected chi connectivity index (χ1v) is 5.69. The second-order valence-corrected chi connectivity index (χ2v) is 4.01. The summed E-state index contributed by atoms with van der Waals surface area (Å²) in [6.07, 6.45) is 0.187. The van der Waals surface area contributed by atoms with Crippen LogP contribution in [0.4, 0.5) is 4.79 Å². The van der Waals surface area contributed by atoms with E-state index in [4.69, 9.17) is 9.84 Å². The topological polar surface area (TPSA) is 49.8 Å². The molecule has 17 heavy (non-hydrogen) atoms. The number of benzene rings is 1. The molecule has 1 amide bonds. The van der Waals surface area contributed by atoms with E-state index in [2.05, 4.69) is 0 Å². The second-order valence-electron chi connectivity index (χ2n) is 4.01. The average molecular weight is 237 g/mol. The van der Waals surface area contributed by atoms with Gasteiger partial charge in [0.15, 0.2) is 0 Å². The van der Waals surface area contributed by atoms with Gasteiger partial charge in [-0.25, -0.2) is 4.79 Å². The van der Waals surface area contributed by atoms with Gasteiger partial charge in [0.05, 0.1) is 0 Å². The number of carbonyl (C=O) groups is 1. The maximum absolute atomic E-state index is 11.7. The van der Waals surface area contributed by atoms with Gasteiger partial charge in [-0.1, -0.05) is 30.3 Å². The first-order chi connectivity index (χ1) is 8.15. The SMILES string of the molecule is CC(CCO)N(C)C(=O)OCc1ccccc1. The van der Waals surface area contributed by atoms with Gasteiger partial charge in [0.25, 0.3) is 0 Å². The molecule has 1 aromatic rings. The van der Waals surface area contributed by atoms with E-state index in [0.717, 1.165) is 5.56 Å². The Morgan fingerprint density at radius 1 is 1.41 bits per heavy atom. The van der Waals surface area contributed by atoms with Gasteiger partial charge in [-0.2, -0.15) is 0 Å². The molecule has 0 saturated heterocycles. The zero-order valence-electron chi connectivity index (χ0n) is 10.3. The first kappa shape index (κ1) is 13.5. The van der Waals surface area contributed by atoms with Crippen LogP contribution in [-0.2, 0) is 11.3 Å². The average Bonchev–Trinajstić information content (AvgIpc) is 2.36. The Kier molecular flexibility index (Phi) is 5.49. The maximum Gasteiger partial charge on any atom is 0.410 e. The van der Waals surface area contributed by atoms with Gasteiger partial charge in [0.1, 0.15) is 6.61 Å². The summed E-state index contributed by atoms with van der Waals surface area (Å²) in [7, 11) is 1.67. The number of amides is 1. The summed E-state index contributed by atoms with van der Waals surface area (Å²) in [5.74, 6) is 0. The molecule has 94 valence electrons. The van der Waals surface area contributed by atoms with Crippen molar-refractivity contribution in [2.24, 2.45) is 0 Å². The molecule has 1 aromatic carbocycles. The van der Waals surface area contributed by atoms with Crippen molar-refractivity contribution < 1.29 is 14.6 Å². The van der Waals surface area contributed by atoms with Crippen LogP contribution in [0, 0.1) is 0 Å². The molecule has 0 aromatic heterocycles. The van der Waals surface area contributed by atoms with Crippen molar-refractivity contribution in [3.05, 3.63) is 35.9 Å². The molecule has 0 spiro atoms. The summed E-state index contributed by atoms with van der Waals surface area (Å²) in [4.78, 5) is 13.2. The van der Waals surface area contributed by atoms with Crippen LogP contribution >= 0.6 is 0 Å². The fourth-order valence-electron chi connectivity index (χ4n) is 1.38. The molecule has 0 radical (unpaired) electrons. The van der Waals surface area contributed by atoms with Gasteiger partial charge in [-0.3, -0.25) is 0 Å². The summed E-state index contributed by atoms with van der Waals surface area (Å²) in [6, 6.07) is 9.52. The van der Waals surface area contributed by atoms with E-state index in [1.54, 1.807) is 7.05 Å². The van der Waals surface area contributed by atoms with Crippen LogP contribution in [-0.4, -0.2) is 35.8 Å². The molecule has 0 aliphatic rings. The fourth-order valence-corrected chi connectivity index (χ4v) is 1.38. The van der Waals surface area contributed by atoms with Gasteiger partial charge in [-0.05, 0) is 18.9 Å². The third kappa shape index (κ3) is 4.44. The van der Waals surface area contributed by atoms with Crippen molar-refractivity contribution in [2.75, 3.05) is 13.7 Å². The highest BCUT2D eigenvalue weighted by atomic mass is 16.6. The Morgan fingerprint density at radius 2 is 2.06 bits per heavy atom. The molecule has 0 aliphatic heterocycles. The van der Waals surface area contributed by atoms with E-state index < -0.39 is 0 Å². The molecule has 4 nitrogen and oxygen atoms in total. The van der Waals surface area contributed by atoms with Gasteiger partial charge in [0, 0.05) is 19.7 Å². The molecular weight excluding hydrogens is 218 g/mol. The highest BCUT2D eigenvalue weighted by Gasteiger charge is 2.16. The van der Waals surface area contributed by atoms with Crippen molar-refractivity contribution in [3.63, 3.8) is 0 Å². The fraction of sp³-hybridized carbons (Fsp3) is 0.462. The quantitative estimate of drug-likeness (QED) is 0.852. The van der Waals surface area contributed by atoms with Crippen molar-refractivity contribution in [3.8, 4) is 0 Å². The number of carbonyl (C=O) groups excluding carboxylic acids is 1. The van der Waals surface area contributed by atoms with Crippen LogP contribution in [0.3, 0.4) is 0 Å². The number of hydrogen-bond acceptors (Lipinski definition) is 3. The van der Waals surface area contributed by atoms with E-state index in [1.165, 1.54) is 4.90 Å². The molecule has 1 atom stereocenters. The lowest BCUT2D eigenvalue weighted by molar-refractivity contribution is 0.0886. The van der Waals surface area contributed by atoms with E-state index in [9.17, 15) is 4.79 Å². The number of aliphatic hydroxyl groups excluding tert-OH is 1. The molecule has 0 bridgehead atoms. The van der Waals surface area contributed by atoms with Crippen LogP contribution < -0.4 is 0 Å². The van der Waals surface area contributed by atoms with Crippen LogP contribution in [0.2, 0.25) is 0 Å². The Labute approximate surface area is 102 Å². The molecule has 1 N–H and O–H groups in total. The number of ether oxygens (including phenoxy) is 1. The van der Waals surface area contributed by atoms with Gasteiger partial charge in [0.2, 0.25) is 0 Å². The number of nitrogens with zero attached hydrogens (tertiary/aromatic N) is 1. The lowest BCUT2D eigenvalue weighted by atomic mass is 10.2. The molecule has 0 heterocycles. The number of aliphatic hydroxyl groups is 1. The Bertz CT molecular complexity index is 340. The van der Waals surface area contributed by atoms with Gasteiger partial charge in [-0.15, -0.1) is 0 Å². The molecule has 0 aliphatic carbocycles. The minimum absolute atomic E-state index is 0.0247. The van der Waals surface area contributed by atoms with Gasteiger partial charge >= 0.3 is 6.09 Å². The first-order valence-electron chi connectivity index (χ1n) is 5.69. The molecule has 1 rings (SSSR count). The zero-order valence-corrected chi connectivity index (χ0v) is 10.3. The second kappa shape index (κ2) is 6.91. The van der Waals surface area contributed by atoms with Crippen LogP contribution in [0.25, 0.3) is 0 Å². The largest absolute Gasteiger partial charge is 0.445 e. The van der Waals surface area contributed by atoms with E-state index in [1.807, 2.05) is 37.3 Å².